The van der Waals surface area contributed by atoms with Crippen LogP contribution in [0.2, 0.25) is 0 Å². The highest BCUT2D eigenvalue weighted by Gasteiger charge is 2.22. The number of para-hydroxylation sites is 6. The van der Waals surface area contributed by atoms with Crippen LogP contribution in [-0.2, 0) is 0 Å². The van der Waals surface area contributed by atoms with Crippen LogP contribution >= 0.6 is 0 Å². The van der Waals surface area contributed by atoms with Crippen LogP contribution in [0.4, 0.5) is 51.2 Å². The lowest BCUT2D eigenvalue weighted by atomic mass is 9.98. The molecule has 0 aliphatic rings. The van der Waals surface area contributed by atoms with Crippen molar-refractivity contribution < 1.29 is 4.42 Å². The van der Waals surface area contributed by atoms with Crippen LogP contribution in [0, 0.1) is 0 Å². The number of aromatic nitrogens is 1. The molecular weight excluding hydrogens is 757 g/mol. The van der Waals surface area contributed by atoms with Crippen LogP contribution < -0.4 is 14.7 Å². The quantitative estimate of drug-likeness (QED) is 0.129. The maximum absolute atomic E-state index is 7.00. The number of rotatable bonds is 10. The molecule has 0 spiro atoms. The van der Waals surface area contributed by atoms with Crippen LogP contribution in [0.25, 0.3) is 44.1 Å². The van der Waals surface area contributed by atoms with E-state index in [-0.39, 0.29) is 0 Å². The molecule has 0 saturated heterocycles. The molecule has 0 aliphatic heterocycles. The summed E-state index contributed by atoms with van der Waals surface area (Å²) in [5.74, 6) is 0.563. The van der Waals surface area contributed by atoms with E-state index in [2.05, 4.69) is 245 Å². The Kier molecular flexibility index (Phi) is 9.45. The number of benzene rings is 10. The molecule has 1 aromatic heterocycles. The zero-order valence-corrected chi connectivity index (χ0v) is 33.8. The summed E-state index contributed by atoms with van der Waals surface area (Å²) in [5, 5.41) is 4.21. The Labute approximate surface area is 360 Å². The van der Waals surface area contributed by atoms with E-state index < -0.39 is 0 Å². The first-order valence-corrected chi connectivity index (χ1v) is 20.9. The average molecular weight is 797 g/mol. The second-order valence-electron chi connectivity index (χ2n) is 15.2. The van der Waals surface area contributed by atoms with Gasteiger partial charge >= 0.3 is 0 Å². The van der Waals surface area contributed by atoms with E-state index in [1.54, 1.807) is 0 Å². The number of hydrogen-bond donors (Lipinski definition) is 0. The first-order chi connectivity index (χ1) is 30.8. The van der Waals surface area contributed by atoms with Gasteiger partial charge in [-0.05, 0) is 132 Å². The Morgan fingerprint density at radius 1 is 0.274 bits per heavy atom. The van der Waals surface area contributed by atoms with Gasteiger partial charge in [-0.15, -0.1) is 0 Å². The van der Waals surface area contributed by atoms with Crippen molar-refractivity contribution >= 4 is 83.8 Å². The molecule has 0 saturated carbocycles. The number of oxazole rings is 1. The second-order valence-corrected chi connectivity index (χ2v) is 15.2. The number of hydrogen-bond acceptors (Lipinski definition) is 5. The van der Waals surface area contributed by atoms with Crippen LogP contribution in [0.15, 0.2) is 247 Å². The van der Waals surface area contributed by atoms with Crippen LogP contribution in [0.5, 0.6) is 0 Å². The molecule has 5 nitrogen and oxygen atoms in total. The van der Waals surface area contributed by atoms with Crippen LogP contribution in [0.3, 0.4) is 0 Å². The highest BCUT2D eigenvalue weighted by Crippen LogP contribution is 2.45. The Hall–Kier alpha value is -8.41. The molecule has 0 N–H and O–H groups in total. The van der Waals surface area contributed by atoms with Crippen molar-refractivity contribution in [1.82, 2.24) is 4.98 Å². The lowest BCUT2D eigenvalue weighted by Crippen LogP contribution is -2.10. The summed E-state index contributed by atoms with van der Waals surface area (Å²) >= 11 is 0. The molecule has 62 heavy (non-hydrogen) atoms. The third-order valence-corrected chi connectivity index (χ3v) is 11.4. The zero-order valence-electron chi connectivity index (χ0n) is 33.8. The lowest BCUT2D eigenvalue weighted by molar-refractivity contribution is 0.623. The molecule has 0 unspecified atom stereocenters. The fourth-order valence-corrected chi connectivity index (χ4v) is 8.56. The SMILES string of the molecule is c1ccc(N(c2ccccc2)c2ccc(-c3nc4c5cc(N(c6ccccc6)c6ccccc6)ccc5c5ccc(N(c6ccccc6)c6ccccc6)cc5c4o3)cc2)cc1. The summed E-state index contributed by atoms with van der Waals surface area (Å²) in [6.45, 7) is 0. The van der Waals surface area contributed by atoms with Gasteiger partial charge in [0, 0.05) is 67.5 Å². The van der Waals surface area contributed by atoms with Crippen molar-refractivity contribution in [2.24, 2.45) is 0 Å². The van der Waals surface area contributed by atoms with Crippen molar-refractivity contribution in [2.75, 3.05) is 14.7 Å². The van der Waals surface area contributed by atoms with Gasteiger partial charge in [0.1, 0.15) is 5.52 Å². The van der Waals surface area contributed by atoms with E-state index in [0.717, 1.165) is 89.4 Å². The van der Waals surface area contributed by atoms with Gasteiger partial charge in [0.25, 0.3) is 0 Å². The summed E-state index contributed by atoms with van der Waals surface area (Å²) in [6.07, 6.45) is 0. The van der Waals surface area contributed by atoms with Crippen molar-refractivity contribution in [3.05, 3.63) is 243 Å². The normalized spacial score (nSPS) is 11.2. The van der Waals surface area contributed by atoms with Gasteiger partial charge in [-0.3, -0.25) is 0 Å². The first kappa shape index (κ1) is 36.7. The third-order valence-electron chi connectivity index (χ3n) is 11.4. The molecular formula is C57H40N4O. The molecule has 11 rings (SSSR count). The standard InChI is InChI=1S/C57H40N4O/c1-7-19-42(20-8-1)59(43-21-9-2-10-22-43)48-33-31-41(32-34-48)57-58-55-53-39-49(60(44-23-11-3-12-24-44)45-25-13-4-14-26-45)35-37-51(53)52-38-36-50(40-54(52)56(55)62-57)61(46-27-15-5-16-28-46)47-29-17-6-18-30-47/h1-40H. The Bertz CT molecular complexity index is 2990. The summed E-state index contributed by atoms with van der Waals surface area (Å²) < 4.78 is 7.00. The van der Waals surface area contributed by atoms with Crippen molar-refractivity contribution in [1.29, 1.82) is 0 Å². The van der Waals surface area contributed by atoms with E-state index in [9.17, 15) is 0 Å². The minimum Gasteiger partial charge on any atom is -0.435 e. The van der Waals surface area contributed by atoms with E-state index >= 15 is 0 Å². The lowest BCUT2D eigenvalue weighted by Gasteiger charge is -2.26. The van der Waals surface area contributed by atoms with Gasteiger partial charge in [0.2, 0.25) is 5.89 Å². The fourth-order valence-electron chi connectivity index (χ4n) is 8.56. The molecule has 0 aliphatic carbocycles. The summed E-state index contributed by atoms with van der Waals surface area (Å²) in [6, 6.07) is 84.9. The van der Waals surface area contributed by atoms with Crippen molar-refractivity contribution in [2.45, 2.75) is 0 Å². The van der Waals surface area contributed by atoms with E-state index in [4.69, 9.17) is 9.40 Å². The maximum Gasteiger partial charge on any atom is 0.227 e. The van der Waals surface area contributed by atoms with Gasteiger partial charge in [-0.2, -0.15) is 0 Å². The third kappa shape index (κ3) is 6.78. The van der Waals surface area contributed by atoms with Gasteiger partial charge < -0.3 is 19.1 Å². The number of nitrogens with zero attached hydrogens (tertiary/aromatic N) is 4. The minimum atomic E-state index is 0.563. The van der Waals surface area contributed by atoms with Gasteiger partial charge in [0.15, 0.2) is 5.58 Å². The molecule has 5 heteroatoms. The maximum atomic E-state index is 7.00. The van der Waals surface area contributed by atoms with Gasteiger partial charge in [0.05, 0.1) is 0 Å². The first-order valence-electron chi connectivity index (χ1n) is 20.9. The minimum absolute atomic E-state index is 0.563. The molecule has 0 fully saturated rings. The van der Waals surface area contributed by atoms with Crippen molar-refractivity contribution in [3.8, 4) is 11.5 Å². The molecule has 10 aromatic carbocycles. The summed E-state index contributed by atoms with van der Waals surface area (Å²) in [7, 11) is 0. The number of fused-ring (bicyclic) bond motifs is 6. The second kappa shape index (κ2) is 16.0. The molecule has 1 heterocycles. The number of anilines is 9. The Morgan fingerprint density at radius 2 is 0.581 bits per heavy atom. The molecule has 294 valence electrons. The van der Waals surface area contributed by atoms with Gasteiger partial charge in [-0.1, -0.05) is 121 Å². The topological polar surface area (TPSA) is 35.8 Å². The molecule has 0 bridgehead atoms. The average Bonchev–Trinajstić information content (AvgIpc) is 3.81. The predicted octanol–water partition coefficient (Wildman–Crippen LogP) is 16.2. The van der Waals surface area contributed by atoms with E-state index in [0.29, 0.717) is 5.89 Å². The van der Waals surface area contributed by atoms with Crippen LogP contribution in [-0.4, -0.2) is 4.98 Å². The zero-order chi connectivity index (χ0) is 41.2. The predicted molar refractivity (Wildman–Crippen MR) is 259 cm³/mol. The van der Waals surface area contributed by atoms with Crippen molar-refractivity contribution in [3.63, 3.8) is 0 Å². The molecule has 0 atom stereocenters. The smallest absolute Gasteiger partial charge is 0.227 e. The van der Waals surface area contributed by atoms with E-state index in [1.807, 2.05) is 12.1 Å². The highest BCUT2D eigenvalue weighted by molar-refractivity contribution is 6.24. The summed E-state index contributed by atoms with van der Waals surface area (Å²) in [5.41, 5.74) is 12.0. The van der Waals surface area contributed by atoms with Gasteiger partial charge in [-0.25, -0.2) is 4.98 Å². The molecule has 11 aromatic rings. The fraction of sp³-hybridized carbons (Fsp3) is 0. The monoisotopic (exact) mass is 796 g/mol. The van der Waals surface area contributed by atoms with Crippen LogP contribution in [0.1, 0.15) is 0 Å². The Morgan fingerprint density at radius 3 is 0.968 bits per heavy atom. The molecule has 0 radical (unpaired) electrons. The summed E-state index contributed by atoms with van der Waals surface area (Å²) in [4.78, 5) is 12.2. The highest BCUT2D eigenvalue weighted by atomic mass is 16.3. The largest absolute Gasteiger partial charge is 0.435 e. The molecule has 0 amide bonds. The van der Waals surface area contributed by atoms with E-state index in [1.165, 1.54) is 0 Å². The Balaban J connectivity index is 1.11.